The molecule has 0 aromatic heterocycles. The average molecular weight is 785 g/mol. The number of carboxylic acid groups (broad SMARTS) is 5. The van der Waals surface area contributed by atoms with Crippen molar-refractivity contribution in [3.63, 3.8) is 0 Å². The average Bonchev–Trinajstić information content (AvgIpc) is 3.08. The summed E-state index contributed by atoms with van der Waals surface area (Å²) in [6.07, 6.45) is -3.27. The van der Waals surface area contributed by atoms with E-state index in [0.717, 1.165) is 0 Å². The van der Waals surface area contributed by atoms with E-state index in [1.165, 1.54) is 6.92 Å². The van der Waals surface area contributed by atoms with Gasteiger partial charge in [-0.15, -0.1) is 0 Å². The minimum atomic E-state index is -1.66. The summed E-state index contributed by atoms with van der Waals surface area (Å²) in [6.45, 7) is 1.50. The summed E-state index contributed by atoms with van der Waals surface area (Å²) in [7, 11) is 0. The summed E-state index contributed by atoms with van der Waals surface area (Å²) in [6, 6.07) is -1.29. The minimum Gasteiger partial charge on any atom is -0.481 e. The van der Waals surface area contributed by atoms with E-state index in [1.54, 1.807) is 30.3 Å². The van der Waals surface area contributed by atoms with E-state index in [-0.39, 0.29) is 25.0 Å². The molecule has 21 nitrogen and oxygen atoms in total. The summed E-state index contributed by atoms with van der Waals surface area (Å²) in [5.41, 5.74) is 0.574. The third kappa shape index (κ3) is 18.5. The van der Waals surface area contributed by atoms with E-state index in [1.807, 2.05) is 10.6 Å². The Morgan fingerprint density at radius 1 is 0.556 bits per heavy atom. The molecule has 0 fully saturated rings. The molecule has 0 bridgehead atoms. The Kier molecular flexibility index (Phi) is 20.1. The molecule has 3 unspecified atom stereocenters. The number of hydrogen-bond donors (Lipinski definition) is 12. The topological polar surface area (TPSA) is 344 Å². The van der Waals surface area contributed by atoms with Crippen molar-refractivity contribution in [2.24, 2.45) is 0 Å². The van der Waals surface area contributed by atoms with Crippen LogP contribution >= 0.6 is 12.6 Å². The SMILES string of the molecule is C[C@H](CCC(=O)NC(CC(=O)O)C(=O)NC(Cc1ccccc1)C(=O)NC(CS)C(=O)O)NC(=O)CC[C@@H](NC(=O)N[C@H](CCC(=O)O)C(=O)O)C(=O)O. The van der Waals surface area contributed by atoms with Gasteiger partial charge in [0.25, 0.3) is 0 Å². The molecule has 0 aliphatic heterocycles. The van der Waals surface area contributed by atoms with Gasteiger partial charge in [0.1, 0.15) is 30.2 Å². The van der Waals surface area contributed by atoms with Crippen LogP contribution in [0.25, 0.3) is 0 Å². The van der Waals surface area contributed by atoms with Crippen LogP contribution < -0.4 is 31.9 Å². The highest BCUT2D eigenvalue weighted by molar-refractivity contribution is 7.80. The van der Waals surface area contributed by atoms with E-state index < -0.39 is 128 Å². The Morgan fingerprint density at radius 2 is 1.04 bits per heavy atom. The molecule has 11 N–H and O–H groups in total. The molecule has 22 heteroatoms. The highest BCUT2D eigenvalue weighted by Gasteiger charge is 2.31. The van der Waals surface area contributed by atoms with Crippen molar-refractivity contribution in [3.8, 4) is 0 Å². The zero-order valence-electron chi connectivity index (χ0n) is 29.0. The predicted molar refractivity (Wildman–Crippen MR) is 187 cm³/mol. The Bertz CT molecular complexity index is 1530. The molecule has 0 heterocycles. The van der Waals surface area contributed by atoms with Crippen LogP contribution in [0, 0.1) is 0 Å². The number of benzene rings is 1. The number of aliphatic carboxylic acids is 5. The number of rotatable bonds is 25. The van der Waals surface area contributed by atoms with Gasteiger partial charge in [-0.25, -0.2) is 19.2 Å². The molecule has 0 saturated carbocycles. The molecule has 1 rings (SSSR count). The second-order valence-electron chi connectivity index (χ2n) is 11.9. The number of carboxylic acids is 5. The quantitative estimate of drug-likeness (QED) is 0.0492. The fourth-order valence-corrected chi connectivity index (χ4v) is 4.87. The van der Waals surface area contributed by atoms with Crippen LogP contribution in [-0.4, -0.2) is 127 Å². The number of amides is 6. The molecular formula is C32H44N6O15S. The van der Waals surface area contributed by atoms with Crippen molar-refractivity contribution < 1.29 is 73.5 Å². The number of carbonyl (C=O) groups is 10. The number of urea groups is 1. The van der Waals surface area contributed by atoms with E-state index in [4.69, 9.17) is 10.2 Å². The number of carbonyl (C=O) groups excluding carboxylic acids is 5. The Morgan fingerprint density at radius 3 is 1.54 bits per heavy atom. The van der Waals surface area contributed by atoms with Crippen LogP contribution in [0.15, 0.2) is 30.3 Å². The second kappa shape index (κ2) is 23.6. The number of nitrogens with one attached hydrogen (secondary N) is 6. The Hall–Kier alpha value is -5.93. The first-order valence-corrected chi connectivity index (χ1v) is 17.0. The summed E-state index contributed by atoms with van der Waals surface area (Å²) in [4.78, 5) is 120. The highest BCUT2D eigenvalue weighted by Crippen LogP contribution is 2.07. The predicted octanol–water partition coefficient (Wildman–Crippen LogP) is -1.69. The second-order valence-corrected chi connectivity index (χ2v) is 12.3. The lowest BCUT2D eigenvalue weighted by atomic mass is 10.0. The molecule has 6 atom stereocenters. The fourth-order valence-electron chi connectivity index (χ4n) is 4.62. The lowest BCUT2D eigenvalue weighted by Gasteiger charge is -2.24. The molecule has 298 valence electrons. The highest BCUT2D eigenvalue weighted by atomic mass is 32.1. The Labute approximate surface area is 313 Å². The zero-order chi connectivity index (χ0) is 41.0. The van der Waals surface area contributed by atoms with Crippen LogP contribution in [0.2, 0.25) is 0 Å². The third-order valence-corrected chi connectivity index (χ3v) is 7.83. The van der Waals surface area contributed by atoms with Gasteiger partial charge in [-0.3, -0.25) is 28.8 Å². The van der Waals surface area contributed by atoms with Crippen molar-refractivity contribution >= 4 is 72.1 Å². The molecule has 1 aromatic carbocycles. The van der Waals surface area contributed by atoms with Gasteiger partial charge in [0.15, 0.2) is 0 Å². The molecule has 0 spiro atoms. The van der Waals surface area contributed by atoms with E-state index in [9.17, 15) is 63.3 Å². The maximum atomic E-state index is 13.2. The molecule has 0 aliphatic carbocycles. The molecular weight excluding hydrogens is 740 g/mol. The maximum absolute atomic E-state index is 13.2. The van der Waals surface area contributed by atoms with Crippen molar-refractivity contribution in [2.45, 2.75) is 94.5 Å². The number of hydrogen-bond acceptors (Lipinski definition) is 11. The Balaban J connectivity index is 2.79. The van der Waals surface area contributed by atoms with Gasteiger partial charge in [-0.1, -0.05) is 30.3 Å². The van der Waals surface area contributed by atoms with Gasteiger partial charge in [0.2, 0.25) is 23.6 Å². The summed E-state index contributed by atoms with van der Waals surface area (Å²) in [5, 5.41) is 59.4. The first-order valence-electron chi connectivity index (χ1n) is 16.4. The molecule has 0 radical (unpaired) electrons. The monoisotopic (exact) mass is 784 g/mol. The largest absolute Gasteiger partial charge is 0.481 e. The van der Waals surface area contributed by atoms with E-state index >= 15 is 0 Å². The lowest BCUT2D eigenvalue weighted by Crippen LogP contribution is -2.57. The standard InChI is InChI=1S/C32H44N6O15S/c1-16(33-23(39)11-8-18(29(47)48)37-32(53)38-19(30(49)50)9-12-25(41)42)7-10-24(40)34-21(14-26(43)44)28(46)35-20(13-17-5-3-2-4-6-17)27(45)36-22(15-54)31(51)52/h2-6,16,18-22,54H,7-15H2,1H3,(H,33,39)(H,34,40)(H,35,46)(H,36,45)(H,41,42)(H,43,44)(H,47,48)(H,49,50)(H,51,52)(H2,37,38,53)/t16-,18-,19-,20?,21?,22?/m1/s1. The van der Waals surface area contributed by atoms with Crippen molar-refractivity contribution in [2.75, 3.05) is 5.75 Å². The smallest absolute Gasteiger partial charge is 0.327 e. The number of thiol groups is 1. The van der Waals surface area contributed by atoms with E-state index in [0.29, 0.717) is 5.56 Å². The summed E-state index contributed by atoms with van der Waals surface area (Å²) in [5.74, 6) is -10.9. The van der Waals surface area contributed by atoms with Gasteiger partial charge in [-0.05, 0) is 31.7 Å². The van der Waals surface area contributed by atoms with Crippen molar-refractivity contribution in [1.82, 2.24) is 31.9 Å². The van der Waals surface area contributed by atoms with Gasteiger partial charge in [-0.2, -0.15) is 12.6 Å². The van der Waals surface area contributed by atoms with Crippen LogP contribution in [0.3, 0.4) is 0 Å². The van der Waals surface area contributed by atoms with Gasteiger partial charge < -0.3 is 57.4 Å². The van der Waals surface area contributed by atoms with Crippen LogP contribution in [-0.2, 0) is 49.6 Å². The normalized spacial score (nSPS) is 14.0. The zero-order valence-corrected chi connectivity index (χ0v) is 29.9. The first kappa shape index (κ1) is 46.1. The first-order chi connectivity index (χ1) is 25.3. The molecule has 0 saturated heterocycles. The molecule has 0 aliphatic rings. The fraction of sp³-hybridized carbons (Fsp3) is 0.500. The van der Waals surface area contributed by atoms with Gasteiger partial charge >= 0.3 is 35.9 Å². The third-order valence-electron chi connectivity index (χ3n) is 7.47. The molecule has 1 aromatic rings. The summed E-state index contributed by atoms with van der Waals surface area (Å²) < 4.78 is 0. The summed E-state index contributed by atoms with van der Waals surface area (Å²) >= 11 is 3.90. The maximum Gasteiger partial charge on any atom is 0.327 e. The van der Waals surface area contributed by atoms with Crippen molar-refractivity contribution in [3.05, 3.63) is 35.9 Å². The van der Waals surface area contributed by atoms with Crippen LogP contribution in [0.4, 0.5) is 4.79 Å². The molecule has 6 amide bonds. The van der Waals surface area contributed by atoms with Crippen molar-refractivity contribution in [1.29, 1.82) is 0 Å². The lowest BCUT2D eigenvalue weighted by molar-refractivity contribution is -0.142. The van der Waals surface area contributed by atoms with Crippen LogP contribution in [0.1, 0.15) is 57.4 Å². The van der Waals surface area contributed by atoms with Crippen LogP contribution in [0.5, 0.6) is 0 Å². The van der Waals surface area contributed by atoms with E-state index in [2.05, 4.69) is 33.9 Å². The van der Waals surface area contributed by atoms with Gasteiger partial charge in [0, 0.05) is 37.5 Å². The minimum absolute atomic E-state index is 0.0335. The molecule has 54 heavy (non-hydrogen) atoms. The van der Waals surface area contributed by atoms with Gasteiger partial charge in [0.05, 0.1) is 6.42 Å².